The molecule has 0 radical (unpaired) electrons. The molecule has 0 amide bonds. The number of thioether (sulfide) groups is 1. The van der Waals surface area contributed by atoms with Gasteiger partial charge in [-0.3, -0.25) is 4.79 Å². The van der Waals surface area contributed by atoms with Gasteiger partial charge >= 0.3 is 5.97 Å². The van der Waals surface area contributed by atoms with Crippen LogP contribution in [0.4, 0.5) is 0 Å². The van der Waals surface area contributed by atoms with Crippen molar-refractivity contribution in [1.29, 1.82) is 0 Å². The van der Waals surface area contributed by atoms with Gasteiger partial charge in [-0.15, -0.1) is 11.8 Å². The molecule has 0 aromatic carbocycles. The van der Waals surface area contributed by atoms with Crippen LogP contribution in [0.5, 0.6) is 0 Å². The van der Waals surface area contributed by atoms with Crippen LogP contribution in [0.3, 0.4) is 0 Å². The molecule has 1 aliphatic heterocycles. The maximum Gasteiger partial charge on any atom is 0.316 e. The summed E-state index contributed by atoms with van der Waals surface area (Å²) in [4.78, 5) is 10.8. The van der Waals surface area contributed by atoms with Crippen molar-refractivity contribution in [1.82, 2.24) is 5.32 Å². The van der Waals surface area contributed by atoms with Crippen molar-refractivity contribution >= 4 is 17.7 Å². The average molecular weight is 203 g/mol. The topological polar surface area (TPSA) is 49.3 Å². The van der Waals surface area contributed by atoms with E-state index in [9.17, 15) is 4.79 Å². The summed E-state index contributed by atoms with van der Waals surface area (Å²) in [5, 5.41) is 11.9. The van der Waals surface area contributed by atoms with Crippen LogP contribution in [0.25, 0.3) is 0 Å². The molecule has 1 aliphatic rings. The van der Waals surface area contributed by atoms with Crippen molar-refractivity contribution in [3.05, 3.63) is 0 Å². The predicted molar refractivity (Wildman–Crippen MR) is 55.1 cm³/mol. The quantitative estimate of drug-likeness (QED) is 0.681. The van der Waals surface area contributed by atoms with Gasteiger partial charge in [0.25, 0.3) is 0 Å². The van der Waals surface area contributed by atoms with Crippen LogP contribution in [0.15, 0.2) is 0 Å². The molecule has 13 heavy (non-hydrogen) atoms. The van der Waals surface area contributed by atoms with Gasteiger partial charge < -0.3 is 10.4 Å². The fourth-order valence-corrected chi connectivity index (χ4v) is 2.54. The van der Waals surface area contributed by atoms with Crippen LogP contribution < -0.4 is 5.32 Å². The molecule has 76 valence electrons. The first kappa shape index (κ1) is 10.9. The minimum atomic E-state index is -0.654. The van der Waals surface area contributed by atoms with E-state index in [2.05, 4.69) is 5.32 Å². The highest BCUT2D eigenvalue weighted by atomic mass is 32.2. The summed E-state index contributed by atoms with van der Waals surface area (Å²) in [6, 6.07) is 0. The van der Waals surface area contributed by atoms with Crippen molar-refractivity contribution in [2.75, 3.05) is 18.8 Å². The zero-order valence-electron chi connectivity index (χ0n) is 7.95. The molecule has 0 bridgehead atoms. The van der Waals surface area contributed by atoms with E-state index in [0.29, 0.717) is 5.92 Å². The van der Waals surface area contributed by atoms with Gasteiger partial charge in [0, 0.05) is 0 Å². The van der Waals surface area contributed by atoms with Gasteiger partial charge in [-0.2, -0.15) is 0 Å². The molecule has 1 rings (SSSR count). The molecule has 4 heteroatoms. The molecular formula is C9H17NO2S. The number of carboxylic acids is 1. The number of carboxylic acid groups (broad SMARTS) is 1. The number of rotatable bonds is 6. The Bertz CT molecular complexity index is 171. The minimum Gasteiger partial charge on any atom is -0.480 e. The van der Waals surface area contributed by atoms with E-state index in [0.717, 1.165) is 31.7 Å². The molecule has 1 heterocycles. The van der Waals surface area contributed by atoms with Gasteiger partial charge in [0.05, 0.1) is 0 Å². The lowest BCUT2D eigenvalue weighted by molar-refractivity contribution is -0.136. The highest BCUT2D eigenvalue weighted by Crippen LogP contribution is 2.21. The zero-order valence-corrected chi connectivity index (χ0v) is 8.77. The Hall–Kier alpha value is -0.220. The normalized spacial score (nSPS) is 19.5. The molecule has 0 aliphatic carbocycles. The maximum atomic E-state index is 10.8. The van der Waals surface area contributed by atoms with Gasteiger partial charge in [0.1, 0.15) is 5.25 Å². The smallest absolute Gasteiger partial charge is 0.316 e. The van der Waals surface area contributed by atoms with E-state index in [1.54, 1.807) is 11.8 Å². The maximum absolute atomic E-state index is 10.8. The van der Waals surface area contributed by atoms with Gasteiger partial charge in [-0.25, -0.2) is 0 Å². The Labute approximate surface area is 83.3 Å². The molecule has 3 nitrogen and oxygen atoms in total. The number of carbonyl (C=O) groups is 1. The SMILES string of the molecule is CCCC(SCC1CNC1)C(=O)O. The second-order valence-electron chi connectivity index (χ2n) is 3.47. The second kappa shape index (κ2) is 5.50. The molecular weight excluding hydrogens is 186 g/mol. The summed E-state index contributed by atoms with van der Waals surface area (Å²) in [7, 11) is 0. The largest absolute Gasteiger partial charge is 0.480 e. The van der Waals surface area contributed by atoms with E-state index in [1.165, 1.54) is 0 Å². The van der Waals surface area contributed by atoms with Crippen LogP contribution in [0, 0.1) is 5.92 Å². The van der Waals surface area contributed by atoms with Crippen LogP contribution in [-0.2, 0) is 4.79 Å². The van der Waals surface area contributed by atoms with Crippen molar-refractivity contribution < 1.29 is 9.90 Å². The van der Waals surface area contributed by atoms with Crippen molar-refractivity contribution in [2.24, 2.45) is 5.92 Å². The summed E-state index contributed by atoms with van der Waals surface area (Å²) < 4.78 is 0. The summed E-state index contributed by atoms with van der Waals surface area (Å²) in [5.74, 6) is 1.03. The molecule has 1 atom stereocenters. The predicted octanol–water partition coefficient (Wildman–Crippen LogP) is 1.19. The van der Waals surface area contributed by atoms with Gasteiger partial charge in [0.15, 0.2) is 0 Å². The average Bonchev–Trinajstić information content (AvgIpc) is 1.99. The van der Waals surface area contributed by atoms with E-state index in [-0.39, 0.29) is 5.25 Å². The fraction of sp³-hybridized carbons (Fsp3) is 0.889. The lowest BCUT2D eigenvalue weighted by Crippen LogP contribution is -2.43. The first-order valence-electron chi connectivity index (χ1n) is 4.79. The number of hydrogen-bond donors (Lipinski definition) is 2. The minimum absolute atomic E-state index is 0.189. The van der Waals surface area contributed by atoms with E-state index >= 15 is 0 Å². The van der Waals surface area contributed by atoms with Crippen LogP contribution >= 0.6 is 11.8 Å². The number of nitrogens with one attached hydrogen (secondary N) is 1. The van der Waals surface area contributed by atoms with E-state index in [4.69, 9.17) is 5.11 Å². The number of aliphatic carboxylic acids is 1. The molecule has 0 spiro atoms. The Morgan fingerprint density at radius 1 is 1.69 bits per heavy atom. The lowest BCUT2D eigenvalue weighted by atomic mass is 10.1. The van der Waals surface area contributed by atoms with E-state index in [1.807, 2.05) is 6.92 Å². The second-order valence-corrected chi connectivity index (χ2v) is 4.71. The molecule has 1 unspecified atom stereocenters. The Balaban J connectivity index is 2.16. The summed E-state index contributed by atoms with van der Waals surface area (Å²) >= 11 is 1.60. The standard InChI is InChI=1S/C9H17NO2S/c1-2-3-8(9(11)12)13-6-7-4-10-5-7/h7-8,10H,2-6H2,1H3,(H,11,12). The highest BCUT2D eigenvalue weighted by Gasteiger charge is 2.22. The molecule has 1 saturated heterocycles. The molecule has 0 aromatic heterocycles. The third-order valence-electron chi connectivity index (χ3n) is 2.23. The van der Waals surface area contributed by atoms with Crippen molar-refractivity contribution in [2.45, 2.75) is 25.0 Å². The van der Waals surface area contributed by atoms with Crippen LogP contribution in [-0.4, -0.2) is 35.2 Å². The van der Waals surface area contributed by atoms with Crippen molar-refractivity contribution in [3.8, 4) is 0 Å². The first-order chi connectivity index (χ1) is 6.24. The Kier molecular flexibility index (Phi) is 4.59. The zero-order chi connectivity index (χ0) is 9.68. The summed E-state index contributed by atoms with van der Waals surface area (Å²) in [6.07, 6.45) is 1.74. The summed E-state index contributed by atoms with van der Waals surface area (Å²) in [6.45, 7) is 4.15. The van der Waals surface area contributed by atoms with Gasteiger partial charge in [-0.05, 0) is 31.2 Å². The van der Waals surface area contributed by atoms with Gasteiger partial charge in [0.2, 0.25) is 0 Å². The van der Waals surface area contributed by atoms with Crippen molar-refractivity contribution in [3.63, 3.8) is 0 Å². The summed E-state index contributed by atoms with van der Waals surface area (Å²) in [5.41, 5.74) is 0. The molecule has 1 fully saturated rings. The molecule has 0 saturated carbocycles. The van der Waals surface area contributed by atoms with Gasteiger partial charge in [-0.1, -0.05) is 13.3 Å². The number of hydrogen-bond acceptors (Lipinski definition) is 3. The fourth-order valence-electron chi connectivity index (χ4n) is 1.26. The lowest BCUT2D eigenvalue weighted by Gasteiger charge is -2.27. The monoisotopic (exact) mass is 203 g/mol. The molecule has 0 aromatic rings. The first-order valence-corrected chi connectivity index (χ1v) is 5.84. The molecule has 2 N–H and O–H groups in total. The highest BCUT2D eigenvalue weighted by molar-refractivity contribution is 8.00. The Morgan fingerprint density at radius 2 is 2.38 bits per heavy atom. The van der Waals surface area contributed by atoms with E-state index < -0.39 is 5.97 Å². The van der Waals surface area contributed by atoms with Crippen LogP contribution in [0.1, 0.15) is 19.8 Å². The Morgan fingerprint density at radius 3 is 2.77 bits per heavy atom. The third kappa shape index (κ3) is 3.56. The third-order valence-corrected chi connectivity index (χ3v) is 3.73. The van der Waals surface area contributed by atoms with Crippen LogP contribution in [0.2, 0.25) is 0 Å².